The van der Waals surface area contributed by atoms with Crippen molar-refractivity contribution >= 4 is 15.8 Å². The van der Waals surface area contributed by atoms with Crippen LogP contribution in [0.2, 0.25) is 0 Å². The van der Waals surface area contributed by atoms with Crippen LogP contribution in [0.1, 0.15) is 0 Å². The fraction of sp³-hybridized carbons (Fsp3) is 0. The molecule has 8 heteroatoms. The first kappa shape index (κ1) is 11.5. The van der Waals surface area contributed by atoms with Crippen molar-refractivity contribution in [2.45, 2.75) is 4.90 Å². The van der Waals surface area contributed by atoms with Crippen LogP contribution in [0.25, 0.3) is 0 Å². The zero-order valence-corrected chi connectivity index (χ0v) is 9.25. The number of anilines is 1. The summed E-state index contributed by atoms with van der Waals surface area (Å²) in [7, 11) is -4.12. The molecule has 0 atom stereocenters. The molecule has 0 amide bonds. The van der Waals surface area contributed by atoms with Gasteiger partial charge < -0.3 is 0 Å². The molecule has 0 saturated heterocycles. The Balaban J connectivity index is 3.05. The molecule has 0 aliphatic heterocycles. The molecule has 0 saturated carbocycles. The van der Waals surface area contributed by atoms with Crippen molar-refractivity contribution in [1.82, 2.24) is 0 Å². The Labute approximate surface area is 87.5 Å². The molecule has 1 rings (SSSR count). The number of benzene rings is 1. The maximum absolute atomic E-state index is 11.2. The monoisotopic (exact) mass is 253 g/mol. The Hall–Kier alpha value is -0.596. The summed E-state index contributed by atoms with van der Waals surface area (Å²) in [5.41, 5.74) is 5.73. The van der Waals surface area contributed by atoms with Gasteiger partial charge in [-0.1, -0.05) is 0 Å². The van der Waals surface area contributed by atoms with Gasteiger partial charge in [0.2, 0.25) is 0 Å². The number of rotatable bonds is 3. The van der Waals surface area contributed by atoms with Crippen LogP contribution >= 0.6 is 0 Å². The minimum absolute atomic E-state index is 0.193. The van der Waals surface area contributed by atoms with E-state index in [1.165, 1.54) is 24.3 Å². The Morgan fingerprint density at radius 2 is 1.79 bits per heavy atom. The average molecular weight is 253 g/mol. The number of nitrogens with two attached hydrogens (primary N) is 1. The van der Waals surface area contributed by atoms with Gasteiger partial charge in [0.05, 0.1) is 0 Å². The van der Waals surface area contributed by atoms with Crippen LogP contribution in [-0.4, -0.2) is 12.1 Å². The molecule has 0 radical (unpaired) electrons. The molecule has 14 heavy (non-hydrogen) atoms. The van der Waals surface area contributed by atoms with E-state index in [1.807, 2.05) is 0 Å². The predicted octanol–water partition coefficient (Wildman–Crippen LogP) is -0.240. The summed E-state index contributed by atoms with van der Waals surface area (Å²) in [5, 5.41) is 0. The third-order valence-electron chi connectivity index (χ3n) is 1.35. The van der Waals surface area contributed by atoms with Crippen LogP contribution in [0.4, 0.5) is 5.69 Å². The summed E-state index contributed by atoms with van der Waals surface area (Å²) in [5.74, 6) is 0. The summed E-state index contributed by atoms with van der Waals surface area (Å²) in [4.78, 5) is -0.193. The summed E-state index contributed by atoms with van der Waals surface area (Å²) >= 11 is -4.09. The number of nitrogen functional groups attached to an aromatic ring is 1. The first-order valence-corrected chi connectivity index (χ1v) is 6.83. The Morgan fingerprint density at radius 1 is 1.29 bits per heavy atom. The summed E-state index contributed by atoms with van der Waals surface area (Å²) in [6.45, 7) is 0. The first-order valence-electron chi connectivity index (χ1n) is 3.45. The third kappa shape index (κ3) is 2.97. The van der Waals surface area contributed by atoms with Gasteiger partial charge in [0.1, 0.15) is 0 Å². The van der Waals surface area contributed by atoms with Crippen LogP contribution in [0, 0.1) is 0 Å². The minimum atomic E-state index is -4.12. The third-order valence-corrected chi connectivity index (χ3v) is 4.26. The van der Waals surface area contributed by atoms with E-state index in [-0.39, 0.29) is 4.90 Å². The van der Waals surface area contributed by atoms with Crippen molar-refractivity contribution in [3.8, 4) is 0 Å². The van der Waals surface area contributed by atoms with Crippen LogP contribution < -0.4 is 5.73 Å². The Morgan fingerprint density at radius 3 is 2.21 bits per heavy atom. The second kappa shape index (κ2) is 4.28. The zero-order valence-electron chi connectivity index (χ0n) is 6.88. The average Bonchev–Trinajstić information content (AvgIpc) is 2.02. The van der Waals surface area contributed by atoms with E-state index in [0.29, 0.717) is 5.69 Å². The molecule has 1 aromatic carbocycles. The molecule has 6 nitrogen and oxygen atoms in total. The van der Waals surface area contributed by atoms with Gasteiger partial charge in [0, 0.05) is 0 Å². The fourth-order valence-electron chi connectivity index (χ4n) is 0.776. The van der Waals surface area contributed by atoms with Gasteiger partial charge in [-0.3, -0.25) is 0 Å². The molecule has 0 spiro atoms. The van der Waals surface area contributed by atoms with Crippen molar-refractivity contribution in [3.63, 3.8) is 0 Å². The SMILES string of the molecule is Nc1ccc(S(=O)(=O)[O][Ti](=[O])[OH])cc1. The van der Waals surface area contributed by atoms with Crippen molar-refractivity contribution in [2.75, 3.05) is 5.73 Å². The van der Waals surface area contributed by atoms with E-state index in [4.69, 9.17) is 9.42 Å². The molecule has 0 aromatic heterocycles. The van der Waals surface area contributed by atoms with Crippen molar-refractivity contribution in [1.29, 1.82) is 0 Å². The molecule has 0 unspecified atom stereocenters. The van der Waals surface area contributed by atoms with E-state index in [2.05, 4.69) is 2.76 Å². The van der Waals surface area contributed by atoms with Crippen molar-refractivity contribution < 1.29 is 36.8 Å². The van der Waals surface area contributed by atoms with Gasteiger partial charge in [0.25, 0.3) is 0 Å². The van der Waals surface area contributed by atoms with E-state index >= 15 is 0 Å². The van der Waals surface area contributed by atoms with Crippen molar-refractivity contribution in [3.05, 3.63) is 24.3 Å². The zero-order chi connectivity index (χ0) is 10.8. The molecule has 0 fully saturated rings. The first-order chi connectivity index (χ1) is 6.42. The summed E-state index contributed by atoms with van der Waals surface area (Å²) in [6.07, 6.45) is 0. The molecule has 0 bridgehead atoms. The molecular weight excluding hydrogens is 246 g/mol. The van der Waals surface area contributed by atoms with Gasteiger partial charge in [-0.15, -0.1) is 0 Å². The number of hydrogen-bond donors (Lipinski definition) is 2. The molecular formula is C6H7NO5STi. The van der Waals surface area contributed by atoms with E-state index < -0.39 is 28.7 Å². The molecule has 3 N–H and O–H groups in total. The van der Waals surface area contributed by atoms with Crippen molar-refractivity contribution in [2.24, 2.45) is 0 Å². The summed E-state index contributed by atoms with van der Waals surface area (Å²) < 4.78 is 45.0. The van der Waals surface area contributed by atoms with Crippen LogP contribution in [0.5, 0.6) is 0 Å². The Bertz CT molecular complexity index is 440. The van der Waals surface area contributed by atoms with E-state index in [1.54, 1.807) is 0 Å². The second-order valence-corrected chi connectivity index (χ2v) is 5.53. The fourth-order valence-corrected chi connectivity index (χ4v) is 2.86. The van der Waals surface area contributed by atoms with E-state index in [0.717, 1.165) is 0 Å². The second-order valence-electron chi connectivity index (χ2n) is 2.37. The number of hydrogen-bond acceptors (Lipinski definition) is 5. The normalized spacial score (nSPS) is 11.2. The Kier molecular flexibility index (Phi) is 3.51. The van der Waals surface area contributed by atoms with Crippen LogP contribution in [0.3, 0.4) is 0 Å². The van der Waals surface area contributed by atoms with Gasteiger partial charge in [-0.25, -0.2) is 0 Å². The van der Waals surface area contributed by atoms with E-state index in [9.17, 15) is 11.7 Å². The topological polar surface area (TPSA) is 107 Å². The van der Waals surface area contributed by atoms with Crippen LogP contribution in [-0.2, 0) is 34.8 Å². The van der Waals surface area contributed by atoms with Gasteiger partial charge >= 0.3 is 87.5 Å². The maximum atomic E-state index is 11.2. The molecule has 0 heterocycles. The van der Waals surface area contributed by atoms with Gasteiger partial charge in [-0.05, 0) is 0 Å². The predicted molar refractivity (Wildman–Crippen MR) is 42.0 cm³/mol. The molecule has 0 aliphatic carbocycles. The molecule has 76 valence electrons. The quantitative estimate of drug-likeness (QED) is 0.568. The van der Waals surface area contributed by atoms with Crippen LogP contribution in [0.15, 0.2) is 29.2 Å². The molecule has 1 aromatic rings. The van der Waals surface area contributed by atoms with Gasteiger partial charge in [0.15, 0.2) is 0 Å². The van der Waals surface area contributed by atoms with Gasteiger partial charge in [-0.2, -0.15) is 0 Å². The molecule has 0 aliphatic rings. The summed E-state index contributed by atoms with van der Waals surface area (Å²) in [6, 6.07) is 5.12. The standard InChI is InChI=1S/C6H7NO3S.H2O.O.Ti/c7-5-1-3-6(4-2-5)11(8,9)10;;;/h1-4H,7H2,(H,8,9,10);1H2;;/q;;;+2/p-2.